The first-order chi connectivity index (χ1) is 6.61. The molecule has 0 aromatic carbocycles. The average molecular weight is 198 g/mol. The Morgan fingerprint density at radius 1 is 1.50 bits per heavy atom. The molecule has 0 aliphatic carbocycles. The number of nitrogens with zero attached hydrogens (tertiary/aromatic N) is 1. The molecule has 14 heavy (non-hydrogen) atoms. The predicted octanol–water partition coefficient (Wildman–Crippen LogP) is 0.895. The van der Waals surface area contributed by atoms with Crippen molar-refractivity contribution < 1.29 is 9.59 Å². The van der Waals surface area contributed by atoms with Crippen LogP contribution in [0.4, 0.5) is 0 Å². The second-order valence-corrected chi connectivity index (χ2v) is 2.99. The van der Waals surface area contributed by atoms with Gasteiger partial charge in [-0.3, -0.25) is 9.59 Å². The van der Waals surface area contributed by atoms with Crippen molar-refractivity contribution in [1.82, 2.24) is 10.2 Å². The zero-order valence-corrected chi connectivity index (χ0v) is 8.88. The van der Waals surface area contributed by atoms with E-state index in [-0.39, 0.29) is 11.8 Å². The fraction of sp³-hybridized carbons (Fsp3) is 0.600. The van der Waals surface area contributed by atoms with E-state index in [1.807, 2.05) is 6.92 Å². The third kappa shape index (κ3) is 5.35. The molecule has 0 atom stereocenters. The molecule has 80 valence electrons. The minimum atomic E-state index is -0.0651. The zero-order chi connectivity index (χ0) is 11.0. The van der Waals surface area contributed by atoms with Crippen LogP contribution in [0.25, 0.3) is 0 Å². The molecule has 0 rings (SSSR count). The van der Waals surface area contributed by atoms with Crippen LogP contribution in [0, 0.1) is 0 Å². The van der Waals surface area contributed by atoms with Crippen LogP contribution < -0.4 is 5.32 Å². The molecule has 0 aliphatic heterocycles. The standard InChI is InChI=1S/C10H18N2O2/c1-4-6-10(14)11-7-8-12(5-2)9(3)13/h5H,2,4,6-8H2,1,3H3,(H,11,14). The van der Waals surface area contributed by atoms with Gasteiger partial charge in [0.2, 0.25) is 11.8 Å². The van der Waals surface area contributed by atoms with Crippen molar-refractivity contribution in [2.45, 2.75) is 26.7 Å². The monoisotopic (exact) mass is 198 g/mol. The number of amides is 2. The van der Waals surface area contributed by atoms with Crippen LogP contribution in [0.2, 0.25) is 0 Å². The summed E-state index contributed by atoms with van der Waals surface area (Å²) in [5.74, 6) is -0.0372. The molecule has 0 bridgehead atoms. The fourth-order valence-electron chi connectivity index (χ4n) is 1.01. The average Bonchev–Trinajstić information content (AvgIpc) is 2.12. The molecule has 0 saturated heterocycles. The quantitative estimate of drug-likeness (QED) is 0.689. The van der Waals surface area contributed by atoms with Gasteiger partial charge in [0.05, 0.1) is 0 Å². The van der Waals surface area contributed by atoms with Crippen LogP contribution >= 0.6 is 0 Å². The summed E-state index contributed by atoms with van der Waals surface area (Å²) in [6.45, 7) is 7.88. The van der Waals surface area contributed by atoms with E-state index in [2.05, 4.69) is 11.9 Å². The topological polar surface area (TPSA) is 49.4 Å². The lowest BCUT2D eigenvalue weighted by Gasteiger charge is -2.15. The van der Waals surface area contributed by atoms with Crippen molar-refractivity contribution in [3.63, 3.8) is 0 Å². The molecule has 4 nitrogen and oxygen atoms in total. The maximum atomic E-state index is 11.0. The van der Waals surface area contributed by atoms with Crippen molar-refractivity contribution in [2.24, 2.45) is 0 Å². The van der Waals surface area contributed by atoms with Crippen molar-refractivity contribution >= 4 is 11.8 Å². The highest BCUT2D eigenvalue weighted by molar-refractivity contribution is 5.76. The SMILES string of the molecule is C=CN(CCNC(=O)CCC)C(C)=O. The molecule has 0 unspecified atom stereocenters. The first kappa shape index (κ1) is 12.7. The molecule has 4 heteroatoms. The highest BCUT2D eigenvalue weighted by Gasteiger charge is 2.04. The maximum absolute atomic E-state index is 11.0. The van der Waals surface area contributed by atoms with Gasteiger partial charge in [0.15, 0.2) is 0 Å². The minimum Gasteiger partial charge on any atom is -0.354 e. The predicted molar refractivity (Wildman–Crippen MR) is 55.5 cm³/mol. The van der Waals surface area contributed by atoms with Gasteiger partial charge in [-0.05, 0) is 12.6 Å². The number of rotatable bonds is 6. The van der Waals surface area contributed by atoms with E-state index in [0.29, 0.717) is 19.5 Å². The second kappa shape index (κ2) is 7.12. The molecule has 0 heterocycles. The lowest BCUT2D eigenvalue weighted by Crippen LogP contribution is -2.34. The van der Waals surface area contributed by atoms with Crippen LogP contribution in [0.3, 0.4) is 0 Å². The van der Waals surface area contributed by atoms with Gasteiger partial charge in [-0.1, -0.05) is 13.5 Å². The molecular formula is C10H18N2O2. The normalized spacial score (nSPS) is 9.29. The van der Waals surface area contributed by atoms with E-state index in [1.54, 1.807) is 0 Å². The van der Waals surface area contributed by atoms with E-state index < -0.39 is 0 Å². The lowest BCUT2D eigenvalue weighted by atomic mass is 10.3. The number of carbonyl (C=O) groups excluding carboxylic acids is 2. The molecule has 0 aliphatic rings. The van der Waals surface area contributed by atoms with Gasteiger partial charge in [-0.15, -0.1) is 0 Å². The summed E-state index contributed by atoms with van der Waals surface area (Å²) in [4.78, 5) is 23.4. The Morgan fingerprint density at radius 2 is 2.14 bits per heavy atom. The Labute approximate surface area is 85.0 Å². The van der Waals surface area contributed by atoms with Gasteiger partial charge in [0.1, 0.15) is 0 Å². The van der Waals surface area contributed by atoms with E-state index in [0.717, 1.165) is 6.42 Å². The summed E-state index contributed by atoms with van der Waals surface area (Å²) in [7, 11) is 0. The van der Waals surface area contributed by atoms with Gasteiger partial charge in [-0.2, -0.15) is 0 Å². The second-order valence-electron chi connectivity index (χ2n) is 2.99. The van der Waals surface area contributed by atoms with Gasteiger partial charge in [-0.25, -0.2) is 0 Å². The Bertz CT molecular complexity index is 214. The summed E-state index contributed by atoms with van der Waals surface area (Å²) in [5.41, 5.74) is 0. The molecule has 1 N–H and O–H groups in total. The summed E-state index contributed by atoms with van der Waals surface area (Å²) >= 11 is 0. The molecule has 0 aromatic rings. The molecule has 0 aromatic heterocycles. The van der Waals surface area contributed by atoms with Gasteiger partial charge < -0.3 is 10.2 Å². The Kier molecular flexibility index (Phi) is 6.45. The lowest BCUT2D eigenvalue weighted by molar-refractivity contribution is -0.127. The maximum Gasteiger partial charge on any atom is 0.223 e. The largest absolute Gasteiger partial charge is 0.354 e. The van der Waals surface area contributed by atoms with E-state index in [9.17, 15) is 9.59 Å². The first-order valence-electron chi connectivity index (χ1n) is 4.78. The van der Waals surface area contributed by atoms with Crippen LogP contribution in [0.1, 0.15) is 26.7 Å². The molecule has 0 radical (unpaired) electrons. The molecule has 0 spiro atoms. The van der Waals surface area contributed by atoms with E-state index >= 15 is 0 Å². The Hall–Kier alpha value is -1.32. The van der Waals surface area contributed by atoms with Crippen LogP contribution in [-0.2, 0) is 9.59 Å². The van der Waals surface area contributed by atoms with Gasteiger partial charge in [0.25, 0.3) is 0 Å². The van der Waals surface area contributed by atoms with Crippen LogP contribution in [0.5, 0.6) is 0 Å². The summed E-state index contributed by atoms with van der Waals surface area (Å²) in [6, 6.07) is 0. The number of hydrogen-bond donors (Lipinski definition) is 1. The van der Waals surface area contributed by atoms with Crippen LogP contribution in [0.15, 0.2) is 12.8 Å². The minimum absolute atomic E-state index is 0.0278. The highest BCUT2D eigenvalue weighted by Crippen LogP contribution is 1.89. The molecule has 0 fully saturated rings. The summed E-state index contributed by atoms with van der Waals surface area (Å²) in [6.07, 6.45) is 2.84. The Morgan fingerprint density at radius 3 is 2.57 bits per heavy atom. The van der Waals surface area contributed by atoms with Crippen molar-refractivity contribution in [2.75, 3.05) is 13.1 Å². The summed E-state index contributed by atoms with van der Waals surface area (Å²) in [5, 5.41) is 2.72. The Balaban J connectivity index is 3.66. The van der Waals surface area contributed by atoms with Crippen molar-refractivity contribution in [1.29, 1.82) is 0 Å². The third-order valence-corrected chi connectivity index (χ3v) is 1.78. The van der Waals surface area contributed by atoms with E-state index in [4.69, 9.17) is 0 Å². The molecular weight excluding hydrogens is 180 g/mol. The van der Waals surface area contributed by atoms with E-state index in [1.165, 1.54) is 18.0 Å². The third-order valence-electron chi connectivity index (χ3n) is 1.78. The smallest absolute Gasteiger partial charge is 0.223 e. The number of hydrogen-bond acceptors (Lipinski definition) is 2. The van der Waals surface area contributed by atoms with Gasteiger partial charge >= 0.3 is 0 Å². The zero-order valence-electron chi connectivity index (χ0n) is 8.88. The first-order valence-corrected chi connectivity index (χ1v) is 4.78. The summed E-state index contributed by atoms with van der Waals surface area (Å²) < 4.78 is 0. The highest BCUT2D eigenvalue weighted by atomic mass is 16.2. The number of nitrogens with one attached hydrogen (secondary N) is 1. The molecule has 0 saturated carbocycles. The van der Waals surface area contributed by atoms with Crippen LogP contribution in [-0.4, -0.2) is 29.8 Å². The number of carbonyl (C=O) groups is 2. The fourth-order valence-corrected chi connectivity index (χ4v) is 1.01. The van der Waals surface area contributed by atoms with Gasteiger partial charge in [0, 0.05) is 26.4 Å². The van der Waals surface area contributed by atoms with Crippen molar-refractivity contribution in [3.8, 4) is 0 Å². The molecule has 2 amide bonds. The van der Waals surface area contributed by atoms with Crippen molar-refractivity contribution in [3.05, 3.63) is 12.8 Å².